The summed E-state index contributed by atoms with van der Waals surface area (Å²) in [5.74, 6) is 0.765. The van der Waals surface area contributed by atoms with Crippen molar-refractivity contribution in [3.8, 4) is 11.3 Å². The molecule has 0 bridgehead atoms. The van der Waals surface area contributed by atoms with Gasteiger partial charge in [0.05, 0.1) is 36.0 Å². The standard InChI is InChI=1S/C25H31ClN4O2/c1-14(2)21-23(18-11-29(4)25(31)22(26)15(18)3)28-20-6-5-19(27-24(20)21)16-7-9-30(10-8-16)17-12-32-13-17/h5-6,11,14,16-17,28H,7-10,12-13H2,1-4H3. The fourth-order valence-corrected chi connectivity index (χ4v) is 5.37. The summed E-state index contributed by atoms with van der Waals surface area (Å²) >= 11 is 6.37. The lowest BCUT2D eigenvalue weighted by atomic mass is 9.91. The Balaban J connectivity index is 1.53. The van der Waals surface area contributed by atoms with Crippen LogP contribution in [0.3, 0.4) is 0 Å². The summed E-state index contributed by atoms with van der Waals surface area (Å²) in [5.41, 5.74) is 7.03. The number of nitrogens with zero attached hydrogens (tertiary/aromatic N) is 3. The Labute approximate surface area is 193 Å². The van der Waals surface area contributed by atoms with Gasteiger partial charge in [0.25, 0.3) is 5.56 Å². The summed E-state index contributed by atoms with van der Waals surface area (Å²) in [5, 5.41) is 0.274. The summed E-state index contributed by atoms with van der Waals surface area (Å²) in [6.45, 7) is 10.3. The molecule has 2 aliphatic rings. The number of halogens is 1. The zero-order valence-electron chi connectivity index (χ0n) is 19.2. The molecule has 0 saturated carbocycles. The van der Waals surface area contributed by atoms with E-state index in [1.54, 1.807) is 11.6 Å². The molecule has 6 nitrogen and oxygen atoms in total. The van der Waals surface area contributed by atoms with Crippen molar-refractivity contribution >= 4 is 22.6 Å². The van der Waals surface area contributed by atoms with Crippen LogP contribution >= 0.6 is 11.6 Å². The molecule has 0 radical (unpaired) electrons. The number of fused-ring (bicyclic) bond motifs is 1. The summed E-state index contributed by atoms with van der Waals surface area (Å²) < 4.78 is 6.92. The number of H-pyrrole nitrogens is 1. The Morgan fingerprint density at radius 3 is 2.56 bits per heavy atom. The van der Waals surface area contributed by atoms with Crippen LogP contribution in [0, 0.1) is 6.92 Å². The lowest BCUT2D eigenvalue weighted by Gasteiger charge is -2.41. The first-order valence-corrected chi connectivity index (χ1v) is 11.9. The Bertz CT molecular complexity index is 1220. The average Bonchev–Trinajstić information content (AvgIpc) is 3.13. The molecule has 7 heteroatoms. The van der Waals surface area contributed by atoms with E-state index < -0.39 is 0 Å². The third-order valence-electron chi connectivity index (χ3n) is 7.20. The van der Waals surface area contributed by atoms with Crippen LogP contribution in [-0.2, 0) is 11.8 Å². The normalized spacial score (nSPS) is 18.6. The van der Waals surface area contributed by atoms with Crippen LogP contribution in [0.5, 0.6) is 0 Å². The summed E-state index contributed by atoms with van der Waals surface area (Å²) in [4.78, 5) is 23.6. The smallest absolute Gasteiger partial charge is 0.269 e. The van der Waals surface area contributed by atoms with E-state index in [0.717, 1.165) is 67.0 Å². The van der Waals surface area contributed by atoms with Crippen LogP contribution in [0.2, 0.25) is 5.02 Å². The topological polar surface area (TPSA) is 63.2 Å². The van der Waals surface area contributed by atoms with Gasteiger partial charge in [-0.1, -0.05) is 25.4 Å². The number of aromatic nitrogens is 3. The molecule has 0 unspecified atom stereocenters. The Morgan fingerprint density at radius 1 is 1.22 bits per heavy atom. The maximum absolute atomic E-state index is 12.3. The number of aryl methyl sites for hydroxylation is 1. The maximum atomic E-state index is 12.3. The SMILES string of the molecule is Cc1c(-c2[nH]c3ccc(C4CCN(C5COC5)CC4)nc3c2C(C)C)cn(C)c(=O)c1Cl. The molecule has 3 aromatic heterocycles. The molecule has 0 amide bonds. The van der Waals surface area contributed by atoms with Gasteiger partial charge < -0.3 is 14.3 Å². The van der Waals surface area contributed by atoms with E-state index >= 15 is 0 Å². The maximum Gasteiger partial charge on any atom is 0.269 e. The predicted molar refractivity (Wildman–Crippen MR) is 129 cm³/mol. The highest BCUT2D eigenvalue weighted by molar-refractivity contribution is 6.31. The zero-order chi connectivity index (χ0) is 22.6. The van der Waals surface area contributed by atoms with Gasteiger partial charge in [-0.25, -0.2) is 0 Å². The van der Waals surface area contributed by atoms with E-state index in [-0.39, 0.29) is 16.5 Å². The van der Waals surface area contributed by atoms with Gasteiger partial charge >= 0.3 is 0 Å². The van der Waals surface area contributed by atoms with Crippen molar-refractivity contribution < 1.29 is 4.74 Å². The molecule has 0 aliphatic carbocycles. The number of likely N-dealkylation sites (tertiary alicyclic amines) is 1. The van der Waals surface area contributed by atoms with Crippen molar-refractivity contribution in [1.29, 1.82) is 0 Å². The van der Waals surface area contributed by atoms with Gasteiger partial charge in [-0.3, -0.25) is 14.7 Å². The number of hydrogen-bond donors (Lipinski definition) is 1. The second-order valence-electron chi connectivity index (χ2n) is 9.60. The molecule has 170 valence electrons. The molecule has 0 atom stereocenters. The lowest BCUT2D eigenvalue weighted by molar-refractivity contribution is -0.0713. The molecule has 0 spiro atoms. The van der Waals surface area contributed by atoms with Crippen molar-refractivity contribution in [2.75, 3.05) is 26.3 Å². The first kappa shape index (κ1) is 21.7. The second kappa shape index (κ2) is 8.32. The van der Waals surface area contributed by atoms with E-state index in [1.165, 1.54) is 11.3 Å². The van der Waals surface area contributed by atoms with Crippen molar-refractivity contribution in [2.24, 2.45) is 7.05 Å². The van der Waals surface area contributed by atoms with Crippen LogP contribution < -0.4 is 5.56 Å². The van der Waals surface area contributed by atoms with Crippen molar-refractivity contribution in [1.82, 2.24) is 19.4 Å². The largest absolute Gasteiger partial charge is 0.378 e. The fourth-order valence-electron chi connectivity index (χ4n) is 5.13. The van der Waals surface area contributed by atoms with Crippen molar-refractivity contribution in [3.63, 3.8) is 0 Å². The predicted octanol–water partition coefficient (Wildman–Crippen LogP) is 4.59. The molecular formula is C25H31ClN4O2. The highest BCUT2D eigenvalue weighted by Crippen LogP contribution is 2.38. The van der Waals surface area contributed by atoms with Crippen molar-refractivity contribution in [3.05, 3.63) is 50.5 Å². The van der Waals surface area contributed by atoms with Gasteiger partial charge in [-0.05, 0) is 56.5 Å². The highest BCUT2D eigenvalue weighted by atomic mass is 35.5. The van der Waals surface area contributed by atoms with Crippen LogP contribution in [-0.4, -0.2) is 51.8 Å². The van der Waals surface area contributed by atoms with Gasteiger partial charge in [0, 0.05) is 36.0 Å². The van der Waals surface area contributed by atoms with Crippen molar-refractivity contribution in [2.45, 2.75) is 51.5 Å². The van der Waals surface area contributed by atoms with E-state index in [4.69, 9.17) is 21.3 Å². The lowest BCUT2D eigenvalue weighted by Crippen LogP contribution is -2.51. The molecule has 5 rings (SSSR count). The van der Waals surface area contributed by atoms with Gasteiger partial charge in [0.2, 0.25) is 0 Å². The zero-order valence-corrected chi connectivity index (χ0v) is 20.0. The number of nitrogens with one attached hydrogen (secondary N) is 1. The quantitative estimate of drug-likeness (QED) is 0.626. The summed E-state index contributed by atoms with van der Waals surface area (Å²) in [6, 6.07) is 4.96. The second-order valence-corrected chi connectivity index (χ2v) is 9.98. The average molecular weight is 455 g/mol. The van der Waals surface area contributed by atoms with E-state index in [1.807, 2.05) is 13.1 Å². The number of hydrogen-bond acceptors (Lipinski definition) is 4. The third-order valence-corrected chi connectivity index (χ3v) is 7.64. The molecular weight excluding hydrogens is 424 g/mol. The minimum absolute atomic E-state index is 0.171. The summed E-state index contributed by atoms with van der Waals surface area (Å²) in [7, 11) is 1.74. The molecule has 1 N–H and O–H groups in total. The minimum Gasteiger partial charge on any atom is -0.378 e. The first-order valence-electron chi connectivity index (χ1n) is 11.6. The third kappa shape index (κ3) is 3.58. The molecule has 2 aliphatic heterocycles. The highest BCUT2D eigenvalue weighted by Gasteiger charge is 2.31. The van der Waals surface area contributed by atoms with Gasteiger partial charge in [-0.2, -0.15) is 0 Å². The van der Waals surface area contributed by atoms with E-state index in [2.05, 4.69) is 35.9 Å². The molecule has 2 fully saturated rings. The van der Waals surface area contributed by atoms with E-state index in [0.29, 0.717) is 12.0 Å². The molecule has 5 heterocycles. The Hall–Kier alpha value is -2.15. The van der Waals surface area contributed by atoms with Crippen LogP contribution in [0.25, 0.3) is 22.3 Å². The van der Waals surface area contributed by atoms with Crippen LogP contribution in [0.4, 0.5) is 0 Å². The van der Waals surface area contributed by atoms with Crippen LogP contribution in [0.1, 0.15) is 55.3 Å². The monoisotopic (exact) mass is 454 g/mol. The number of rotatable bonds is 4. The first-order chi connectivity index (χ1) is 15.3. The number of ether oxygens (including phenoxy) is 1. The van der Waals surface area contributed by atoms with E-state index in [9.17, 15) is 4.79 Å². The number of pyridine rings is 2. The molecule has 0 aromatic carbocycles. The molecule has 3 aromatic rings. The van der Waals surface area contributed by atoms with Gasteiger partial charge in [0.15, 0.2) is 0 Å². The minimum atomic E-state index is -0.171. The van der Waals surface area contributed by atoms with Crippen LogP contribution in [0.15, 0.2) is 23.1 Å². The van der Waals surface area contributed by atoms with Gasteiger partial charge in [-0.15, -0.1) is 0 Å². The number of aromatic amines is 1. The molecule has 32 heavy (non-hydrogen) atoms. The fraction of sp³-hybridized carbons (Fsp3) is 0.520. The van der Waals surface area contributed by atoms with Gasteiger partial charge in [0.1, 0.15) is 5.02 Å². The number of piperidine rings is 1. The Kier molecular flexibility index (Phi) is 5.64. The molecule has 2 saturated heterocycles. The summed E-state index contributed by atoms with van der Waals surface area (Å²) in [6.07, 6.45) is 4.15. The Morgan fingerprint density at radius 2 is 1.94 bits per heavy atom.